The van der Waals surface area contributed by atoms with Crippen molar-refractivity contribution in [2.75, 3.05) is 6.54 Å². The molecule has 0 amide bonds. The minimum Gasteiger partial charge on any atom is -0.324 e. The van der Waals surface area contributed by atoms with Crippen molar-refractivity contribution in [3.8, 4) is 0 Å². The Morgan fingerprint density at radius 2 is 2.07 bits per heavy atom. The summed E-state index contributed by atoms with van der Waals surface area (Å²) in [7, 11) is 0. The molecule has 0 saturated heterocycles. The molecule has 1 atom stereocenters. The summed E-state index contributed by atoms with van der Waals surface area (Å²) >= 11 is 0. The monoisotopic (exact) mass is 198 g/mol. The van der Waals surface area contributed by atoms with E-state index < -0.39 is 0 Å². The van der Waals surface area contributed by atoms with Crippen molar-refractivity contribution in [1.29, 1.82) is 0 Å². The summed E-state index contributed by atoms with van der Waals surface area (Å²) in [6.45, 7) is 9.82. The van der Waals surface area contributed by atoms with Gasteiger partial charge >= 0.3 is 0 Å². The topological polar surface area (TPSA) is 38.0 Å². The van der Waals surface area contributed by atoms with Gasteiger partial charge in [0.05, 0.1) is 0 Å². The van der Waals surface area contributed by atoms with Crippen molar-refractivity contribution < 1.29 is 0 Å². The van der Waals surface area contributed by atoms with Crippen molar-refractivity contribution in [2.24, 2.45) is 11.1 Å². The van der Waals surface area contributed by atoms with Gasteiger partial charge in [0.2, 0.25) is 0 Å². The molecule has 0 heterocycles. The average molecular weight is 198 g/mol. The van der Waals surface area contributed by atoms with Gasteiger partial charge in [0.15, 0.2) is 0 Å². The van der Waals surface area contributed by atoms with Gasteiger partial charge in [-0.05, 0) is 38.5 Å². The van der Waals surface area contributed by atoms with Crippen LogP contribution in [0.25, 0.3) is 0 Å². The smallest absolute Gasteiger partial charge is 0.0223 e. The molecule has 84 valence electrons. The lowest BCUT2D eigenvalue weighted by atomic mass is 9.75. The normalized spacial score (nSPS) is 27.6. The third-order valence-corrected chi connectivity index (χ3v) is 3.05. The van der Waals surface area contributed by atoms with Gasteiger partial charge in [-0.3, -0.25) is 0 Å². The fourth-order valence-electron chi connectivity index (χ4n) is 2.28. The lowest BCUT2D eigenvalue weighted by Gasteiger charge is -2.37. The Morgan fingerprint density at radius 1 is 1.43 bits per heavy atom. The van der Waals surface area contributed by atoms with Crippen LogP contribution in [0.4, 0.5) is 0 Å². The van der Waals surface area contributed by atoms with E-state index in [4.69, 9.17) is 5.73 Å². The van der Waals surface area contributed by atoms with E-state index in [-0.39, 0.29) is 5.54 Å². The molecular weight excluding hydrogens is 172 g/mol. The van der Waals surface area contributed by atoms with E-state index in [0.717, 1.165) is 6.54 Å². The summed E-state index contributed by atoms with van der Waals surface area (Å²) in [4.78, 5) is 0. The first-order valence-corrected chi connectivity index (χ1v) is 5.81. The highest BCUT2D eigenvalue weighted by molar-refractivity contribution is 4.85. The third-order valence-electron chi connectivity index (χ3n) is 3.05. The predicted octanol–water partition coefficient (Wildman–Crippen LogP) is 2.28. The molecule has 0 aliphatic heterocycles. The van der Waals surface area contributed by atoms with E-state index in [9.17, 15) is 0 Å². The molecule has 3 N–H and O–H groups in total. The summed E-state index contributed by atoms with van der Waals surface area (Å²) < 4.78 is 0. The van der Waals surface area contributed by atoms with Crippen LogP contribution in [-0.2, 0) is 0 Å². The van der Waals surface area contributed by atoms with Gasteiger partial charge in [-0.15, -0.1) is 0 Å². The molecule has 0 bridgehead atoms. The Kier molecular flexibility index (Phi) is 3.59. The van der Waals surface area contributed by atoms with Crippen LogP contribution in [0.1, 0.15) is 53.4 Å². The van der Waals surface area contributed by atoms with E-state index in [2.05, 4.69) is 33.0 Å². The van der Waals surface area contributed by atoms with Gasteiger partial charge < -0.3 is 11.1 Å². The molecule has 1 fully saturated rings. The van der Waals surface area contributed by atoms with Crippen LogP contribution >= 0.6 is 0 Å². The second-order valence-electron chi connectivity index (χ2n) is 6.33. The highest BCUT2D eigenvalue weighted by Gasteiger charge is 2.28. The van der Waals surface area contributed by atoms with Gasteiger partial charge in [-0.1, -0.05) is 20.3 Å². The zero-order valence-corrected chi connectivity index (χ0v) is 10.2. The summed E-state index contributed by atoms with van der Waals surface area (Å²) in [5.74, 6) is 0. The molecule has 1 rings (SSSR count). The van der Waals surface area contributed by atoms with Gasteiger partial charge in [0.1, 0.15) is 0 Å². The maximum absolute atomic E-state index is 5.96. The van der Waals surface area contributed by atoms with Crippen molar-refractivity contribution in [3.63, 3.8) is 0 Å². The molecular formula is C12H26N2. The lowest BCUT2D eigenvalue weighted by Crippen LogP contribution is -2.48. The number of nitrogens with one attached hydrogen (secondary N) is 1. The molecule has 1 saturated carbocycles. The van der Waals surface area contributed by atoms with Crippen LogP contribution in [0, 0.1) is 5.41 Å². The number of hydrogen-bond acceptors (Lipinski definition) is 2. The van der Waals surface area contributed by atoms with Crippen molar-refractivity contribution in [2.45, 2.75) is 65.0 Å². The van der Waals surface area contributed by atoms with Crippen molar-refractivity contribution in [1.82, 2.24) is 5.32 Å². The lowest BCUT2D eigenvalue weighted by molar-refractivity contribution is 0.193. The van der Waals surface area contributed by atoms with E-state index in [1.807, 2.05) is 0 Å². The van der Waals surface area contributed by atoms with Gasteiger partial charge in [-0.2, -0.15) is 0 Å². The van der Waals surface area contributed by atoms with Crippen molar-refractivity contribution >= 4 is 0 Å². The Morgan fingerprint density at radius 3 is 2.57 bits per heavy atom. The standard InChI is InChI=1S/C12H26N2/c1-11(2)7-5-6-10(8-11)14-9-12(3,4)13/h10,14H,5-9,13H2,1-4H3. The average Bonchev–Trinajstić information content (AvgIpc) is 1.98. The Hall–Kier alpha value is -0.0800. The first-order chi connectivity index (χ1) is 6.29. The molecule has 14 heavy (non-hydrogen) atoms. The molecule has 2 heteroatoms. The summed E-state index contributed by atoms with van der Waals surface area (Å²) in [6.07, 6.45) is 5.34. The largest absolute Gasteiger partial charge is 0.324 e. The first-order valence-electron chi connectivity index (χ1n) is 5.81. The molecule has 0 aromatic heterocycles. The van der Waals surface area contributed by atoms with Crippen LogP contribution in [0.2, 0.25) is 0 Å². The maximum Gasteiger partial charge on any atom is 0.0223 e. The van der Waals surface area contributed by atoms with Crippen LogP contribution < -0.4 is 11.1 Å². The van der Waals surface area contributed by atoms with Crippen molar-refractivity contribution in [3.05, 3.63) is 0 Å². The number of rotatable bonds is 3. The fourth-order valence-corrected chi connectivity index (χ4v) is 2.28. The summed E-state index contributed by atoms with van der Waals surface area (Å²) in [6, 6.07) is 0.682. The molecule has 2 nitrogen and oxygen atoms in total. The zero-order valence-electron chi connectivity index (χ0n) is 10.2. The second-order valence-corrected chi connectivity index (χ2v) is 6.33. The Bertz CT molecular complexity index is 179. The van der Waals surface area contributed by atoms with Gasteiger partial charge in [-0.25, -0.2) is 0 Å². The SMILES string of the molecule is CC(C)(N)CNC1CCCC(C)(C)C1. The second kappa shape index (κ2) is 4.19. The molecule has 1 aliphatic rings. The van der Waals surface area contributed by atoms with Crippen LogP contribution in [0.3, 0.4) is 0 Å². The number of hydrogen-bond donors (Lipinski definition) is 2. The van der Waals surface area contributed by atoms with Crippen LogP contribution in [0.5, 0.6) is 0 Å². The Labute approximate surface area is 88.6 Å². The van der Waals surface area contributed by atoms with Crippen LogP contribution in [-0.4, -0.2) is 18.1 Å². The maximum atomic E-state index is 5.96. The summed E-state index contributed by atoms with van der Waals surface area (Å²) in [5.41, 5.74) is 6.40. The minimum absolute atomic E-state index is 0.0818. The van der Waals surface area contributed by atoms with E-state index in [1.54, 1.807) is 0 Å². The predicted molar refractivity (Wildman–Crippen MR) is 62.3 cm³/mol. The Balaban J connectivity index is 2.32. The quantitative estimate of drug-likeness (QED) is 0.730. The highest BCUT2D eigenvalue weighted by atomic mass is 15.0. The van der Waals surface area contributed by atoms with E-state index in [1.165, 1.54) is 25.7 Å². The molecule has 1 aliphatic carbocycles. The van der Waals surface area contributed by atoms with E-state index >= 15 is 0 Å². The van der Waals surface area contributed by atoms with Gasteiger partial charge in [0.25, 0.3) is 0 Å². The molecule has 0 radical (unpaired) electrons. The number of nitrogens with two attached hydrogens (primary N) is 1. The summed E-state index contributed by atoms with van der Waals surface area (Å²) in [5, 5.41) is 3.59. The molecule has 1 unspecified atom stereocenters. The molecule has 0 spiro atoms. The molecule has 0 aromatic carbocycles. The van der Waals surface area contributed by atoms with Gasteiger partial charge in [0, 0.05) is 18.1 Å². The first kappa shape index (κ1) is 12.0. The minimum atomic E-state index is -0.0818. The van der Waals surface area contributed by atoms with E-state index in [0.29, 0.717) is 11.5 Å². The fraction of sp³-hybridized carbons (Fsp3) is 1.00. The third kappa shape index (κ3) is 4.43. The molecule has 0 aromatic rings. The highest BCUT2D eigenvalue weighted by Crippen LogP contribution is 2.35. The van der Waals surface area contributed by atoms with Crippen LogP contribution in [0.15, 0.2) is 0 Å². The zero-order chi connectivity index (χ0) is 10.8.